The van der Waals surface area contributed by atoms with Crippen molar-refractivity contribution in [2.24, 2.45) is 23.2 Å². The van der Waals surface area contributed by atoms with Gasteiger partial charge in [0.1, 0.15) is 6.10 Å². The zero-order valence-corrected chi connectivity index (χ0v) is 15.8. The molecule has 3 fully saturated rings. The highest BCUT2D eigenvalue weighted by Crippen LogP contribution is 2.55. The summed E-state index contributed by atoms with van der Waals surface area (Å²) in [4.78, 5) is 12.4. The van der Waals surface area contributed by atoms with E-state index in [1.165, 1.54) is 0 Å². The van der Waals surface area contributed by atoms with Gasteiger partial charge in [0.15, 0.2) is 0 Å². The van der Waals surface area contributed by atoms with E-state index in [0.717, 1.165) is 6.42 Å². The smallest absolute Gasteiger partial charge is 0.313 e. The Morgan fingerprint density at radius 2 is 1.96 bits per heavy atom. The average Bonchev–Trinajstić information content (AvgIpc) is 3.09. The van der Waals surface area contributed by atoms with Crippen LogP contribution >= 0.6 is 0 Å². The molecule has 0 N–H and O–H groups in total. The first-order chi connectivity index (χ1) is 11.1. The van der Waals surface area contributed by atoms with Crippen LogP contribution in [0.5, 0.6) is 0 Å². The second kappa shape index (κ2) is 5.95. The molecule has 1 aliphatic heterocycles. The molecule has 3 aliphatic rings. The molecule has 7 heteroatoms. The molecule has 0 amide bonds. The molecular formula is C17H28O6S. The highest BCUT2D eigenvalue weighted by Gasteiger charge is 2.65. The van der Waals surface area contributed by atoms with Crippen LogP contribution in [0.4, 0.5) is 0 Å². The van der Waals surface area contributed by atoms with E-state index in [1.807, 2.05) is 34.6 Å². The fourth-order valence-electron chi connectivity index (χ4n) is 3.95. The minimum absolute atomic E-state index is 0.0189. The van der Waals surface area contributed by atoms with Crippen LogP contribution in [0, 0.1) is 23.2 Å². The van der Waals surface area contributed by atoms with Crippen molar-refractivity contribution in [2.45, 2.75) is 77.6 Å². The Kier molecular flexibility index (Phi) is 4.50. The molecule has 6 unspecified atom stereocenters. The van der Waals surface area contributed by atoms with Crippen molar-refractivity contribution in [2.75, 3.05) is 0 Å². The summed E-state index contributed by atoms with van der Waals surface area (Å²) in [6.07, 6.45) is 0.673. The summed E-state index contributed by atoms with van der Waals surface area (Å²) in [6.45, 7) is 9.50. The Labute approximate surface area is 144 Å². The number of carbonyl (C=O) groups excluding carboxylic acids is 1. The lowest BCUT2D eigenvalue weighted by Crippen LogP contribution is -2.42. The van der Waals surface area contributed by atoms with Gasteiger partial charge in [-0.05, 0) is 39.0 Å². The van der Waals surface area contributed by atoms with Crippen LogP contribution in [-0.2, 0) is 28.6 Å². The van der Waals surface area contributed by atoms with Crippen LogP contribution in [0.3, 0.4) is 0 Å². The summed E-state index contributed by atoms with van der Waals surface area (Å²) in [5, 5.41) is -0.369. The standard InChI is InChI=1S/C17H28O6S/c1-6-17(4,5)16(18)22-15(9(2)3)21-13-10-7-11-12(8-10)24(19,20)23-14(11)13/h9-15H,6-8H2,1-5H3. The predicted molar refractivity (Wildman–Crippen MR) is 87.5 cm³/mol. The van der Waals surface area contributed by atoms with Gasteiger partial charge in [-0.2, -0.15) is 8.42 Å². The fourth-order valence-corrected chi connectivity index (χ4v) is 5.84. The molecule has 0 aromatic carbocycles. The maximum atomic E-state index is 12.4. The summed E-state index contributed by atoms with van der Waals surface area (Å²) < 4.78 is 41.1. The van der Waals surface area contributed by atoms with Gasteiger partial charge in [-0.1, -0.05) is 20.8 Å². The number of fused-ring (bicyclic) bond motifs is 1. The first-order valence-corrected chi connectivity index (χ1v) is 10.3. The van der Waals surface area contributed by atoms with Gasteiger partial charge < -0.3 is 9.47 Å². The van der Waals surface area contributed by atoms with Crippen molar-refractivity contribution in [1.29, 1.82) is 0 Å². The van der Waals surface area contributed by atoms with E-state index in [9.17, 15) is 13.2 Å². The van der Waals surface area contributed by atoms with Gasteiger partial charge in [-0.3, -0.25) is 8.98 Å². The summed E-state index contributed by atoms with van der Waals surface area (Å²) >= 11 is 0. The third kappa shape index (κ3) is 2.88. The van der Waals surface area contributed by atoms with Crippen molar-refractivity contribution in [3.8, 4) is 0 Å². The summed E-state index contributed by atoms with van der Waals surface area (Å²) in [7, 11) is -3.46. The van der Waals surface area contributed by atoms with E-state index in [0.29, 0.717) is 12.8 Å². The summed E-state index contributed by atoms with van der Waals surface area (Å²) in [5.41, 5.74) is -0.566. The van der Waals surface area contributed by atoms with Gasteiger partial charge in [0.05, 0.1) is 16.8 Å². The van der Waals surface area contributed by atoms with Crippen molar-refractivity contribution >= 4 is 16.1 Å². The molecule has 138 valence electrons. The zero-order valence-electron chi connectivity index (χ0n) is 15.0. The van der Waals surface area contributed by atoms with Crippen LogP contribution in [0.25, 0.3) is 0 Å². The quantitative estimate of drug-likeness (QED) is 0.411. The summed E-state index contributed by atoms with van der Waals surface area (Å²) in [6, 6.07) is 0. The second-order valence-electron chi connectivity index (χ2n) is 8.34. The average molecular weight is 360 g/mol. The highest BCUT2D eigenvalue weighted by molar-refractivity contribution is 7.87. The molecule has 1 saturated heterocycles. The molecule has 24 heavy (non-hydrogen) atoms. The van der Waals surface area contributed by atoms with Gasteiger partial charge in [-0.15, -0.1) is 0 Å². The van der Waals surface area contributed by atoms with Gasteiger partial charge in [0.2, 0.25) is 6.29 Å². The van der Waals surface area contributed by atoms with Crippen LogP contribution in [0.1, 0.15) is 53.9 Å². The molecule has 2 bridgehead atoms. The third-order valence-electron chi connectivity index (χ3n) is 5.91. The van der Waals surface area contributed by atoms with Gasteiger partial charge in [-0.25, -0.2) is 0 Å². The molecule has 3 rings (SSSR count). The Morgan fingerprint density at radius 1 is 1.29 bits per heavy atom. The topological polar surface area (TPSA) is 78.9 Å². The molecule has 0 spiro atoms. The van der Waals surface area contributed by atoms with Gasteiger partial charge in [0.25, 0.3) is 10.1 Å². The molecule has 2 aliphatic carbocycles. The molecule has 6 atom stereocenters. The van der Waals surface area contributed by atoms with Crippen LogP contribution in [0.2, 0.25) is 0 Å². The van der Waals surface area contributed by atoms with Crippen LogP contribution < -0.4 is 0 Å². The zero-order chi connectivity index (χ0) is 17.9. The number of rotatable bonds is 6. The summed E-state index contributed by atoms with van der Waals surface area (Å²) in [5.74, 6) is -0.110. The number of esters is 1. The number of ether oxygens (including phenoxy) is 2. The Morgan fingerprint density at radius 3 is 2.54 bits per heavy atom. The van der Waals surface area contributed by atoms with E-state index < -0.39 is 27.9 Å². The molecular weight excluding hydrogens is 332 g/mol. The Balaban J connectivity index is 1.71. The lowest BCUT2D eigenvalue weighted by atomic mass is 9.90. The lowest BCUT2D eigenvalue weighted by Gasteiger charge is -2.33. The highest BCUT2D eigenvalue weighted by atomic mass is 32.2. The molecule has 0 aromatic heterocycles. The molecule has 6 nitrogen and oxygen atoms in total. The van der Waals surface area contributed by atoms with Crippen molar-refractivity contribution < 1.29 is 26.9 Å². The molecule has 0 aromatic rings. The number of hydrogen-bond acceptors (Lipinski definition) is 6. The second-order valence-corrected chi connectivity index (χ2v) is 10.1. The van der Waals surface area contributed by atoms with Gasteiger partial charge in [0, 0.05) is 11.8 Å². The van der Waals surface area contributed by atoms with E-state index in [-0.39, 0.29) is 35.1 Å². The van der Waals surface area contributed by atoms with Crippen molar-refractivity contribution in [3.05, 3.63) is 0 Å². The minimum atomic E-state index is -3.46. The van der Waals surface area contributed by atoms with E-state index in [1.54, 1.807) is 0 Å². The fraction of sp³-hybridized carbons (Fsp3) is 0.941. The largest absolute Gasteiger partial charge is 0.435 e. The van der Waals surface area contributed by atoms with Crippen molar-refractivity contribution in [3.63, 3.8) is 0 Å². The maximum Gasteiger partial charge on any atom is 0.313 e. The first kappa shape index (κ1) is 18.1. The Hall–Kier alpha value is -0.660. The van der Waals surface area contributed by atoms with Crippen molar-refractivity contribution in [1.82, 2.24) is 0 Å². The SMILES string of the molecule is CCC(C)(C)C(=O)OC(OC1C2CC3C1OS(=O)(=O)C3C2)C(C)C. The molecule has 2 saturated carbocycles. The van der Waals surface area contributed by atoms with Gasteiger partial charge >= 0.3 is 5.97 Å². The van der Waals surface area contributed by atoms with E-state index >= 15 is 0 Å². The van der Waals surface area contributed by atoms with Crippen LogP contribution in [0.15, 0.2) is 0 Å². The predicted octanol–water partition coefficient (Wildman–Crippen LogP) is 2.47. The van der Waals surface area contributed by atoms with Crippen LogP contribution in [-0.4, -0.2) is 38.1 Å². The van der Waals surface area contributed by atoms with E-state index in [4.69, 9.17) is 13.7 Å². The third-order valence-corrected chi connectivity index (χ3v) is 7.68. The lowest BCUT2D eigenvalue weighted by molar-refractivity contribution is -0.222. The minimum Gasteiger partial charge on any atom is -0.435 e. The maximum absolute atomic E-state index is 12.4. The molecule has 0 radical (unpaired) electrons. The first-order valence-electron chi connectivity index (χ1n) is 8.85. The van der Waals surface area contributed by atoms with E-state index in [2.05, 4.69) is 0 Å². The Bertz CT molecular complexity index is 611. The molecule has 1 heterocycles. The normalized spacial score (nSPS) is 37.8. The monoisotopic (exact) mass is 360 g/mol. The number of carbonyl (C=O) groups is 1. The number of hydrogen-bond donors (Lipinski definition) is 0.